The van der Waals surface area contributed by atoms with E-state index in [2.05, 4.69) is 15.5 Å². The zero-order chi connectivity index (χ0) is 25.9. The van der Waals surface area contributed by atoms with Crippen molar-refractivity contribution >= 4 is 29.4 Å². The molecule has 1 saturated carbocycles. The average molecular weight is 513 g/mol. The second kappa shape index (κ2) is 10.6. The number of ether oxygens (including phenoxy) is 2. The number of anilines is 1. The summed E-state index contributed by atoms with van der Waals surface area (Å²) in [6, 6.07) is 6.47. The van der Waals surface area contributed by atoms with Crippen LogP contribution in [-0.4, -0.2) is 89.7 Å². The lowest BCUT2D eigenvalue weighted by Crippen LogP contribution is -2.47. The standard InChI is InChI=1S/C24H28N6O7/c1-35-18-5-3-2-4-17(18)28(13-16-11-25-8-9-36-16)21(31)10-19-26-20(37-27-19)14-30-23(33)22(32)29(24(30)34)12-15-6-7-15/h2-5,15-16,25H,6-14H2,1H3/t16-/m1/s1. The highest BCUT2D eigenvalue weighted by atomic mass is 16.5. The van der Waals surface area contributed by atoms with E-state index in [9.17, 15) is 19.2 Å². The van der Waals surface area contributed by atoms with Gasteiger partial charge in [-0.05, 0) is 30.9 Å². The Labute approximate surface area is 212 Å². The first-order chi connectivity index (χ1) is 17.9. The monoisotopic (exact) mass is 512 g/mol. The van der Waals surface area contributed by atoms with Crippen molar-refractivity contribution in [1.29, 1.82) is 0 Å². The van der Waals surface area contributed by atoms with Gasteiger partial charge in [-0.2, -0.15) is 4.98 Å². The average Bonchev–Trinajstić information content (AvgIpc) is 3.60. The van der Waals surface area contributed by atoms with Gasteiger partial charge in [-0.3, -0.25) is 19.3 Å². The summed E-state index contributed by atoms with van der Waals surface area (Å²) in [6.45, 7) is 2.07. The smallest absolute Gasteiger partial charge is 0.334 e. The number of amides is 5. The summed E-state index contributed by atoms with van der Waals surface area (Å²) in [5.74, 6) is -1.27. The summed E-state index contributed by atoms with van der Waals surface area (Å²) in [4.78, 5) is 58.1. The number of methoxy groups -OCH3 is 1. The molecule has 3 heterocycles. The fraction of sp³-hybridized carbons (Fsp3) is 0.500. The Hall–Kier alpha value is -3.84. The molecule has 3 fully saturated rings. The molecule has 37 heavy (non-hydrogen) atoms. The molecule has 0 radical (unpaired) electrons. The Morgan fingerprint density at radius 2 is 1.97 bits per heavy atom. The third kappa shape index (κ3) is 5.47. The predicted molar refractivity (Wildman–Crippen MR) is 126 cm³/mol. The van der Waals surface area contributed by atoms with Crippen LogP contribution in [0.25, 0.3) is 0 Å². The van der Waals surface area contributed by atoms with E-state index >= 15 is 0 Å². The highest BCUT2D eigenvalue weighted by molar-refractivity contribution is 6.44. The normalized spacial score (nSPS) is 20.0. The molecule has 3 aliphatic rings. The first kappa shape index (κ1) is 24.8. The predicted octanol–water partition coefficient (Wildman–Crippen LogP) is 0.343. The van der Waals surface area contributed by atoms with Crippen molar-refractivity contribution < 1.29 is 33.2 Å². The van der Waals surface area contributed by atoms with Crippen LogP contribution in [0.15, 0.2) is 28.8 Å². The van der Waals surface area contributed by atoms with Crippen molar-refractivity contribution in [3.8, 4) is 5.75 Å². The summed E-state index contributed by atoms with van der Waals surface area (Å²) in [7, 11) is 1.53. The maximum Gasteiger partial charge on any atom is 0.334 e. The summed E-state index contributed by atoms with van der Waals surface area (Å²) in [5, 5.41) is 7.11. The van der Waals surface area contributed by atoms with Crippen molar-refractivity contribution in [1.82, 2.24) is 25.3 Å². The van der Waals surface area contributed by atoms with Crippen LogP contribution in [0.4, 0.5) is 10.5 Å². The van der Waals surface area contributed by atoms with Crippen molar-refractivity contribution in [3.63, 3.8) is 0 Å². The molecule has 0 bridgehead atoms. The minimum absolute atomic E-state index is 0.0470. The Balaban J connectivity index is 1.28. The van der Waals surface area contributed by atoms with Gasteiger partial charge in [0, 0.05) is 19.6 Å². The Morgan fingerprint density at radius 3 is 2.70 bits per heavy atom. The molecule has 1 aromatic heterocycles. The van der Waals surface area contributed by atoms with E-state index < -0.39 is 17.8 Å². The molecular weight excluding hydrogens is 484 g/mol. The second-order valence-electron chi connectivity index (χ2n) is 9.19. The number of hydrogen-bond acceptors (Lipinski definition) is 10. The molecule has 13 nitrogen and oxygen atoms in total. The molecule has 1 N–H and O–H groups in total. The van der Waals surface area contributed by atoms with Crippen LogP contribution in [0.2, 0.25) is 0 Å². The van der Waals surface area contributed by atoms with Gasteiger partial charge in [0.25, 0.3) is 0 Å². The number of carbonyl (C=O) groups excluding carboxylic acids is 4. The van der Waals surface area contributed by atoms with Crippen molar-refractivity contribution in [3.05, 3.63) is 36.0 Å². The van der Waals surface area contributed by atoms with Gasteiger partial charge >= 0.3 is 17.8 Å². The van der Waals surface area contributed by atoms with Gasteiger partial charge in [-0.1, -0.05) is 17.3 Å². The number of benzene rings is 1. The Bertz CT molecular complexity index is 1190. The number of aromatic nitrogens is 2. The lowest BCUT2D eigenvalue weighted by Gasteiger charge is -2.31. The van der Waals surface area contributed by atoms with Gasteiger partial charge in [0.2, 0.25) is 11.8 Å². The Morgan fingerprint density at radius 1 is 1.19 bits per heavy atom. The number of rotatable bonds is 10. The van der Waals surface area contributed by atoms with Crippen LogP contribution in [0.3, 0.4) is 0 Å². The second-order valence-corrected chi connectivity index (χ2v) is 9.19. The van der Waals surface area contributed by atoms with Gasteiger partial charge in [0.15, 0.2) is 5.82 Å². The third-order valence-corrected chi connectivity index (χ3v) is 6.45. The zero-order valence-electron chi connectivity index (χ0n) is 20.4. The number of nitrogens with zero attached hydrogens (tertiary/aromatic N) is 5. The van der Waals surface area contributed by atoms with Crippen LogP contribution >= 0.6 is 0 Å². The quantitative estimate of drug-likeness (QED) is 0.349. The van der Waals surface area contributed by atoms with Gasteiger partial charge in [0.1, 0.15) is 12.3 Å². The molecule has 0 unspecified atom stereocenters. The van der Waals surface area contributed by atoms with E-state index in [1.807, 2.05) is 12.1 Å². The van der Waals surface area contributed by atoms with Crippen LogP contribution in [-0.2, 0) is 32.1 Å². The molecule has 1 atom stereocenters. The molecule has 5 rings (SSSR count). The largest absolute Gasteiger partial charge is 0.495 e. The number of hydrogen-bond donors (Lipinski definition) is 1. The minimum Gasteiger partial charge on any atom is -0.495 e. The molecule has 196 valence electrons. The fourth-order valence-corrected chi connectivity index (χ4v) is 4.33. The molecule has 2 saturated heterocycles. The van der Waals surface area contributed by atoms with Gasteiger partial charge in [0.05, 0.1) is 38.5 Å². The van der Waals surface area contributed by atoms with Crippen molar-refractivity contribution in [2.75, 3.05) is 44.8 Å². The van der Waals surface area contributed by atoms with Crippen LogP contribution < -0.4 is 15.0 Å². The topological polar surface area (TPSA) is 147 Å². The molecule has 0 spiro atoms. The summed E-state index contributed by atoms with van der Waals surface area (Å²) < 4.78 is 16.5. The van der Waals surface area contributed by atoms with E-state index in [0.717, 1.165) is 29.2 Å². The first-order valence-electron chi connectivity index (χ1n) is 12.2. The van der Waals surface area contributed by atoms with E-state index in [-0.39, 0.29) is 55.7 Å². The Kier molecular flexibility index (Phi) is 7.15. The molecular formula is C24H28N6O7. The lowest BCUT2D eigenvalue weighted by atomic mass is 10.2. The van der Waals surface area contributed by atoms with Gasteiger partial charge in [-0.15, -0.1) is 0 Å². The van der Waals surface area contributed by atoms with E-state index in [0.29, 0.717) is 24.6 Å². The van der Waals surface area contributed by atoms with Crippen LogP contribution in [0.5, 0.6) is 5.75 Å². The highest BCUT2D eigenvalue weighted by Gasteiger charge is 2.46. The van der Waals surface area contributed by atoms with E-state index in [4.69, 9.17) is 14.0 Å². The number of morpholine rings is 1. The third-order valence-electron chi connectivity index (χ3n) is 6.45. The first-order valence-corrected chi connectivity index (χ1v) is 12.2. The number of imide groups is 2. The van der Waals surface area contributed by atoms with Gasteiger partial charge in [-0.25, -0.2) is 9.69 Å². The highest BCUT2D eigenvalue weighted by Crippen LogP contribution is 2.31. The molecule has 1 aromatic carbocycles. The number of carbonyl (C=O) groups is 4. The fourth-order valence-electron chi connectivity index (χ4n) is 4.33. The maximum atomic E-state index is 13.4. The molecule has 5 amide bonds. The molecule has 2 aliphatic heterocycles. The number of nitrogens with one attached hydrogen (secondary N) is 1. The summed E-state index contributed by atoms with van der Waals surface area (Å²) >= 11 is 0. The van der Waals surface area contributed by atoms with Gasteiger partial charge < -0.3 is 24.2 Å². The number of para-hydroxylation sites is 2. The summed E-state index contributed by atoms with van der Waals surface area (Å²) in [6.07, 6.45) is 1.45. The summed E-state index contributed by atoms with van der Waals surface area (Å²) in [5.41, 5.74) is 0.579. The molecule has 1 aliphatic carbocycles. The van der Waals surface area contributed by atoms with Crippen molar-refractivity contribution in [2.24, 2.45) is 5.92 Å². The maximum absolute atomic E-state index is 13.4. The molecule has 2 aromatic rings. The van der Waals surface area contributed by atoms with Crippen molar-refractivity contribution in [2.45, 2.75) is 31.9 Å². The molecule has 13 heteroatoms. The van der Waals surface area contributed by atoms with Crippen LogP contribution in [0.1, 0.15) is 24.6 Å². The number of urea groups is 1. The minimum atomic E-state index is -0.926. The van der Waals surface area contributed by atoms with E-state index in [1.165, 1.54) is 7.11 Å². The van der Waals surface area contributed by atoms with E-state index in [1.54, 1.807) is 17.0 Å². The van der Waals surface area contributed by atoms with Crippen LogP contribution in [0, 0.1) is 5.92 Å². The zero-order valence-corrected chi connectivity index (χ0v) is 20.4. The lowest BCUT2D eigenvalue weighted by molar-refractivity contribution is -0.143. The SMILES string of the molecule is COc1ccccc1N(C[C@H]1CNCCO1)C(=O)Cc1noc(CN2C(=O)C(=O)N(CC3CC3)C2=O)n1.